The number of ether oxygens (including phenoxy) is 1. The number of rotatable bonds is 5. The van der Waals surface area contributed by atoms with Gasteiger partial charge in [0.05, 0.1) is 23.3 Å². The molecular weight excluding hydrogens is 348 g/mol. The fourth-order valence-corrected chi connectivity index (χ4v) is 3.10. The van der Waals surface area contributed by atoms with Gasteiger partial charge in [-0.05, 0) is 31.2 Å². The highest BCUT2D eigenvalue weighted by atomic mass is 35.5. The quantitative estimate of drug-likeness (QED) is 0.527. The average molecular weight is 367 g/mol. The van der Waals surface area contributed by atoms with Crippen LogP contribution in [0.15, 0.2) is 54.6 Å². The zero-order chi connectivity index (χ0) is 18.1. The monoisotopic (exact) mass is 366 g/mol. The molecule has 0 N–H and O–H groups in total. The van der Waals surface area contributed by atoms with Crippen LogP contribution in [-0.2, 0) is 20.2 Å². The Bertz CT molecular complexity index is 1030. The summed E-state index contributed by atoms with van der Waals surface area (Å²) in [6, 6.07) is 18.0. The normalized spacial score (nSPS) is 11.2. The number of hydrogen-bond acceptors (Lipinski definition) is 3. The Labute approximate surface area is 156 Å². The van der Waals surface area contributed by atoms with Gasteiger partial charge >= 0.3 is 0 Å². The molecule has 0 fully saturated rings. The first-order valence-electron chi connectivity index (χ1n) is 8.42. The summed E-state index contributed by atoms with van der Waals surface area (Å²) in [6.07, 6.45) is 0. The van der Waals surface area contributed by atoms with Crippen molar-refractivity contribution in [1.82, 2.24) is 19.3 Å². The van der Waals surface area contributed by atoms with Gasteiger partial charge in [-0.15, -0.1) is 0 Å². The second-order valence-electron chi connectivity index (χ2n) is 6.29. The first kappa shape index (κ1) is 16.7. The molecule has 0 radical (unpaired) electrons. The predicted molar refractivity (Wildman–Crippen MR) is 103 cm³/mol. The van der Waals surface area contributed by atoms with Gasteiger partial charge in [0.15, 0.2) is 0 Å². The van der Waals surface area contributed by atoms with Gasteiger partial charge < -0.3 is 9.30 Å². The second-order valence-corrected chi connectivity index (χ2v) is 6.67. The zero-order valence-corrected chi connectivity index (χ0v) is 15.4. The number of aryl methyl sites for hydroxylation is 2. The Morgan fingerprint density at radius 2 is 1.85 bits per heavy atom. The Morgan fingerprint density at radius 1 is 1.08 bits per heavy atom. The molecule has 6 heteroatoms. The van der Waals surface area contributed by atoms with Crippen LogP contribution >= 0.6 is 11.6 Å². The van der Waals surface area contributed by atoms with Crippen LogP contribution in [-0.4, -0.2) is 19.3 Å². The molecule has 0 spiro atoms. The van der Waals surface area contributed by atoms with Gasteiger partial charge in [-0.25, -0.2) is 4.98 Å². The van der Waals surface area contributed by atoms with Crippen LogP contribution in [0.2, 0.25) is 5.15 Å². The fourth-order valence-electron chi connectivity index (χ4n) is 2.93. The molecule has 0 amide bonds. The average Bonchev–Trinajstić information content (AvgIpc) is 3.15. The van der Waals surface area contributed by atoms with Crippen molar-refractivity contribution in [2.75, 3.05) is 0 Å². The highest BCUT2D eigenvalue weighted by Crippen LogP contribution is 2.21. The number of imidazole rings is 1. The lowest BCUT2D eigenvalue weighted by atomic mass is 10.2. The smallest absolute Gasteiger partial charge is 0.148 e. The predicted octanol–water partition coefficient (Wildman–Crippen LogP) is 4.36. The molecule has 5 nitrogen and oxygen atoms in total. The SMILES string of the molecule is Cc1ccc(OCc2nc3ccccc3n2Cc2cc(Cl)n(C)n2)cc1. The molecule has 0 aliphatic carbocycles. The molecule has 4 rings (SSSR count). The molecular formula is C20H19ClN4O. The number of hydrogen-bond donors (Lipinski definition) is 0. The molecule has 4 aromatic rings. The van der Waals surface area contributed by atoms with Crippen LogP contribution in [0.3, 0.4) is 0 Å². The van der Waals surface area contributed by atoms with E-state index in [1.807, 2.05) is 55.6 Å². The van der Waals surface area contributed by atoms with Crippen LogP contribution in [0.1, 0.15) is 17.1 Å². The second kappa shape index (κ2) is 6.84. The van der Waals surface area contributed by atoms with E-state index in [1.54, 1.807) is 4.68 Å². The maximum atomic E-state index is 6.13. The number of benzene rings is 2. The lowest BCUT2D eigenvalue weighted by molar-refractivity contribution is 0.291. The summed E-state index contributed by atoms with van der Waals surface area (Å²) in [7, 11) is 1.83. The van der Waals surface area contributed by atoms with Gasteiger partial charge in [-0.3, -0.25) is 4.68 Å². The highest BCUT2D eigenvalue weighted by Gasteiger charge is 2.13. The minimum absolute atomic E-state index is 0.387. The molecule has 26 heavy (non-hydrogen) atoms. The lowest BCUT2D eigenvalue weighted by Crippen LogP contribution is -2.09. The molecule has 0 saturated carbocycles. The number of para-hydroxylation sites is 2. The summed E-state index contributed by atoms with van der Waals surface area (Å²) in [5, 5.41) is 5.07. The van der Waals surface area contributed by atoms with Crippen LogP contribution in [0.5, 0.6) is 5.75 Å². The fraction of sp³-hybridized carbons (Fsp3) is 0.200. The minimum Gasteiger partial charge on any atom is -0.486 e. The number of aromatic nitrogens is 4. The zero-order valence-electron chi connectivity index (χ0n) is 14.7. The van der Waals surface area contributed by atoms with Gasteiger partial charge in [0.1, 0.15) is 23.3 Å². The largest absolute Gasteiger partial charge is 0.486 e. The highest BCUT2D eigenvalue weighted by molar-refractivity contribution is 6.29. The lowest BCUT2D eigenvalue weighted by Gasteiger charge is -2.09. The molecule has 132 valence electrons. The van der Waals surface area contributed by atoms with Crippen molar-refractivity contribution in [3.8, 4) is 5.75 Å². The van der Waals surface area contributed by atoms with Crippen LogP contribution in [0.25, 0.3) is 11.0 Å². The van der Waals surface area contributed by atoms with Gasteiger partial charge in [-0.2, -0.15) is 5.10 Å². The maximum Gasteiger partial charge on any atom is 0.148 e. The third kappa shape index (κ3) is 3.30. The van der Waals surface area contributed by atoms with Crippen molar-refractivity contribution in [2.45, 2.75) is 20.1 Å². The molecule has 0 saturated heterocycles. The molecule has 2 heterocycles. The van der Waals surface area contributed by atoms with Crippen molar-refractivity contribution in [2.24, 2.45) is 7.05 Å². The molecule has 2 aromatic heterocycles. The van der Waals surface area contributed by atoms with Crippen molar-refractivity contribution >= 4 is 22.6 Å². The van der Waals surface area contributed by atoms with Crippen molar-refractivity contribution in [1.29, 1.82) is 0 Å². The van der Waals surface area contributed by atoms with Crippen molar-refractivity contribution in [3.05, 3.63) is 76.8 Å². The van der Waals surface area contributed by atoms with Crippen molar-refractivity contribution < 1.29 is 4.74 Å². The molecule has 2 aromatic carbocycles. The van der Waals surface area contributed by atoms with E-state index in [1.165, 1.54) is 5.56 Å². The van der Waals surface area contributed by atoms with E-state index in [0.717, 1.165) is 28.3 Å². The Kier molecular flexibility index (Phi) is 4.39. The van der Waals surface area contributed by atoms with Gasteiger partial charge in [-0.1, -0.05) is 41.4 Å². The van der Waals surface area contributed by atoms with E-state index in [0.29, 0.717) is 18.3 Å². The third-order valence-electron chi connectivity index (χ3n) is 4.32. The van der Waals surface area contributed by atoms with E-state index in [9.17, 15) is 0 Å². The van der Waals surface area contributed by atoms with Crippen molar-refractivity contribution in [3.63, 3.8) is 0 Å². The van der Waals surface area contributed by atoms with E-state index < -0.39 is 0 Å². The van der Waals surface area contributed by atoms with Crippen LogP contribution < -0.4 is 4.74 Å². The van der Waals surface area contributed by atoms with Gasteiger partial charge in [0, 0.05) is 13.1 Å². The number of halogens is 1. The first-order chi connectivity index (χ1) is 12.6. The van der Waals surface area contributed by atoms with E-state index in [-0.39, 0.29) is 0 Å². The Hall–Kier alpha value is -2.79. The Morgan fingerprint density at radius 3 is 2.58 bits per heavy atom. The topological polar surface area (TPSA) is 44.9 Å². The van der Waals surface area contributed by atoms with Gasteiger partial charge in [0.25, 0.3) is 0 Å². The summed E-state index contributed by atoms with van der Waals surface area (Å²) >= 11 is 6.13. The molecule has 0 aliphatic heterocycles. The van der Waals surface area contributed by atoms with E-state index in [2.05, 4.69) is 22.7 Å². The number of fused-ring (bicyclic) bond motifs is 1. The number of nitrogens with zero attached hydrogens (tertiary/aromatic N) is 4. The Balaban J connectivity index is 1.65. The van der Waals surface area contributed by atoms with Gasteiger partial charge in [0.2, 0.25) is 0 Å². The van der Waals surface area contributed by atoms with E-state index in [4.69, 9.17) is 21.3 Å². The summed E-state index contributed by atoms with van der Waals surface area (Å²) < 4.78 is 9.74. The summed E-state index contributed by atoms with van der Waals surface area (Å²) in [5.74, 6) is 1.68. The third-order valence-corrected chi connectivity index (χ3v) is 4.67. The van der Waals surface area contributed by atoms with Crippen LogP contribution in [0.4, 0.5) is 0 Å². The molecule has 0 atom stereocenters. The maximum absolute atomic E-state index is 6.13. The molecule has 0 unspecified atom stereocenters. The van der Waals surface area contributed by atoms with E-state index >= 15 is 0 Å². The summed E-state index contributed by atoms with van der Waals surface area (Å²) in [4.78, 5) is 4.74. The summed E-state index contributed by atoms with van der Waals surface area (Å²) in [6.45, 7) is 3.03. The molecule has 0 bridgehead atoms. The first-order valence-corrected chi connectivity index (χ1v) is 8.80. The minimum atomic E-state index is 0.387. The summed E-state index contributed by atoms with van der Waals surface area (Å²) in [5.41, 5.74) is 4.09. The standard InChI is InChI=1S/C20H19ClN4O/c1-14-7-9-16(10-8-14)26-13-20-22-17-5-3-4-6-18(17)25(20)12-15-11-19(21)24(2)23-15/h3-11H,12-13H2,1-2H3. The molecule has 0 aliphatic rings. The van der Waals surface area contributed by atoms with Crippen LogP contribution in [0, 0.1) is 6.92 Å².